The van der Waals surface area contributed by atoms with Crippen molar-refractivity contribution in [2.24, 2.45) is 0 Å². The van der Waals surface area contributed by atoms with Gasteiger partial charge in [-0.25, -0.2) is 9.67 Å². The number of ether oxygens (including phenoxy) is 2. The second kappa shape index (κ2) is 23.5. The summed E-state index contributed by atoms with van der Waals surface area (Å²) in [6.07, 6.45) is 5.33. The zero-order valence-corrected chi connectivity index (χ0v) is 37.7. The Morgan fingerprint density at radius 2 is 1.56 bits per heavy atom. The topological polar surface area (TPSA) is 143 Å². The number of aromatic nitrogens is 3. The quantitative estimate of drug-likeness (QED) is 0.0987. The van der Waals surface area contributed by atoms with E-state index in [1.807, 2.05) is 75.0 Å². The molecule has 3 aromatic carbocycles. The van der Waals surface area contributed by atoms with Gasteiger partial charge in [0.15, 0.2) is 5.65 Å². The zero-order valence-electron chi connectivity index (χ0n) is 37.7. The van der Waals surface area contributed by atoms with Gasteiger partial charge in [0.05, 0.1) is 17.3 Å². The lowest BCUT2D eigenvalue weighted by Crippen LogP contribution is -2.43. The number of carbonyl (C=O) groups is 3. The summed E-state index contributed by atoms with van der Waals surface area (Å²) in [5, 5.41) is 15.1. The maximum absolute atomic E-state index is 12.8. The SMILES string of the molecule is CC(C)(C)OC=O.CCc1nc2c(cnn2CC)c(NC2CCOCC2)c1CNC(=O)c1ccc(C)cc1.CN1CCN(Cc2cccc(-c3cccc(CNC=O)c3)c2)CC1. The van der Waals surface area contributed by atoms with Gasteiger partial charge in [0.1, 0.15) is 5.60 Å². The smallest absolute Gasteiger partial charge is 0.293 e. The zero-order chi connectivity index (χ0) is 44.5. The summed E-state index contributed by atoms with van der Waals surface area (Å²) in [6.45, 7) is 20.9. The van der Waals surface area contributed by atoms with Crippen LogP contribution in [0, 0.1) is 6.92 Å². The third kappa shape index (κ3) is 14.2. The average Bonchev–Trinajstić information content (AvgIpc) is 3.69. The average molecular weight is 847 g/mol. The van der Waals surface area contributed by atoms with E-state index in [-0.39, 0.29) is 11.5 Å². The number of likely N-dealkylation sites (N-methyl/N-ethyl adjacent to an activating group) is 1. The van der Waals surface area contributed by atoms with Gasteiger partial charge in [-0.05, 0) is 107 Å². The molecule has 2 aliphatic heterocycles. The van der Waals surface area contributed by atoms with E-state index in [9.17, 15) is 14.4 Å². The molecule has 2 aromatic heterocycles. The van der Waals surface area contributed by atoms with E-state index in [1.54, 1.807) is 0 Å². The number of anilines is 1. The fourth-order valence-corrected chi connectivity index (χ4v) is 7.35. The van der Waals surface area contributed by atoms with Crippen LogP contribution in [-0.4, -0.2) is 101 Å². The third-order valence-corrected chi connectivity index (χ3v) is 10.9. The molecule has 2 saturated heterocycles. The van der Waals surface area contributed by atoms with E-state index in [0.717, 1.165) is 117 Å². The van der Waals surface area contributed by atoms with Crippen molar-refractivity contribution in [1.82, 2.24) is 35.2 Å². The largest absolute Gasteiger partial charge is 0.462 e. The Hall–Kier alpha value is -5.63. The van der Waals surface area contributed by atoms with Gasteiger partial charge in [-0.2, -0.15) is 5.10 Å². The minimum Gasteiger partial charge on any atom is -0.462 e. The first-order valence-corrected chi connectivity index (χ1v) is 21.8. The standard InChI is InChI=1S/C24H31N5O2.C20H25N3O.C5H10O2/c1-4-21-19(14-25-24(30)17-8-6-16(3)7-9-17)22(27-18-10-12-31-13-11-18)20-15-26-29(5-2)23(20)28-21;1-22-8-10-23(11-9-22)15-18-5-3-7-20(13-18)19-6-2-4-17(12-19)14-21-16-24;1-5(2,3)7-4-6/h6-9,15,18H,4-5,10-14H2,1-3H3,(H,25,30)(H,27,28);2-7,12-13,16H,8-11,14-15H2,1H3,(H,21,24);4H,1-3H3. The molecule has 7 rings (SSSR count). The molecule has 0 spiro atoms. The predicted octanol–water partition coefficient (Wildman–Crippen LogP) is 7.15. The summed E-state index contributed by atoms with van der Waals surface area (Å²) in [5.41, 5.74) is 10.3. The molecule has 2 amide bonds. The molecule has 13 nitrogen and oxygen atoms in total. The summed E-state index contributed by atoms with van der Waals surface area (Å²) >= 11 is 0. The number of aryl methyl sites for hydroxylation is 3. The van der Waals surface area contributed by atoms with Crippen LogP contribution < -0.4 is 16.0 Å². The van der Waals surface area contributed by atoms with Gasteiger partial charge in [-0.15, -0.1) is 0 Å². The molecular weight excluding hydrogens is 781 g/mol. The lowest BCUT2D eigenvalue weighted by atomic mass is 10.0. The summed E-state index contributed by atoms with van der Waals surface area (Å²) in [5.74, 6) is -0.0802. The van der Waals surface area contributed by atoms with Crippen molar-refractivity contribution in [3.05, 3.63) is 113 Å². The van der Waals surface area contributed by atoms with Crippen molar-refractivity contribution in [1.29, 1.82) is 0 Å². The Morgan fingerprint density at radius 3 is 2.16 bits per heavy atom. The number of fused-ring (bicyclic) bond motifs is 1. The third-order valence-electron chi connectivity index (χ3n) is 10.9. The molecule has 3 N–H and O–H groups in total. The number of nitrogens with one attached hydrogen (secondary N) is 3. The maximum Gasteiger partial charge on any atom is 0.293 e. The lowest BCUT2D eigenvalue weighted by molar-refractivity contribution is -0.138. The first-order valence-electron chi connectivity index (χ1n) is 21.8. The molecule has 4 heterocycles. The molecule has 0 atom stereocenters. The number of hydrogen-bond donors (Lipinski definition) is 3. The second-order valence-corrected chi connectivity index (χ2v) is 16.8. The highest BCUT2D eigenvalue weighted by molar-refractivity contribution is 5.95. The first-order chi connectivity index (χ1) is 29.9. The fraction of sp³-hybridized carbons (Fsp3) is 0.449. The van der Waals surface area contributed by atoms with Crippen LogP contribution in [0.5, 0.6) is 0 Å². The summed E-state index contributed by atoms with van der Waals surface area (Å²) < 4.78 is 12.0. The molecule has 5 aromatic rings. The fourth-order valence-electron chi connectivity index (χ4n) is 7.35. The highest BCUT2D eigenvalue weighted by Gasteiger charge is 2.22. The van der Waals surface area contributed by atoms with Crippen molar-refractivity contribution >= 4 is 35.5 Å². The van der Waals surface area contributed by atoms with Crippen LogP contribution in [0.4, 0.5) is 5.69 Å². The molecule has 0 radical (unpaired) electrons. The van der Waals surface area contributed by atoms with Crippen LogP contribution in [-0.2, 0) is 51.7 Å². The predicted molar refractivity (Wildman–Crippen MR) is 247 cm³/mol. The van der Waals surface area contributed by atoms with E-state index in [0.29, 0.717) is 31.2 Å². The van der Waals surface area contributed by atoms with Crippen LogP contribution in [0.3, 0.4) is 0 Å². The van der Waals surface area contributed by atoms with E-state index < -0.39 is 0 Å². The monoisotopic (exact) mass is 847 g/mol. The normalized spacial score (nSPS) is 14.8. The van der Waals surface area contributed by atoms with Gasteiger partial charge >= 0.3 is 0 Å². The maximum atomic E-state index is 12.8. The van der Waals surface area contributed by atoms with Gasteiger partial charge in [-0.1, -0.05) is 61.0 Å². The Morgan fingerprint density at radius 1 is 0.903 bits per heavy atom. The van der Waals surface area contributed by atoms with E-state index >= 15 is 0 Å². The van der Waals surface area contributed by atoms with Gasteiger partial charge in [-0.3, -0.25) is 19.3 Å². The Balaban J connectivity index is 0.000000208. The number of hydrogen-bond acceptors (Lipinski definition) is 10. The molecule has 0 unspecified atom stereocenters. The number of benzene rings is 3. The molecule has 13 heteroatoms. The number of pyridine rings is 1. The van der Waals surface area contributed by atoms with Crippen LogP contribution in [0.25, 0.3) is 22.2 Å². The highest BCUT2D eigenvalue weighted by Crippen LogP contribution is 2.31. The molecule has 0 saturated carbocycles. The Bertz CT molecular complexity index is 2190. The minimum atomic E-state index is -0.318. The van der Waals surface area contributed by atoms with Crippen molar-refractivity contribution in [2.75, 3.05) is 51.8 Å². The van der Waals surface area contributed by atoms with Crippen LogP contribution in [0.1, 0.15) is 85.8 Å². The highest BCUT2D eigenvalue weighted by atomic mass is 16.5. The molecule has 0 aliphatic carbocycles. The molecule has 0 bridgehead atoms. The summed E-state index contributed by atoms with van der Waals surface area (Å²) in [7, 11) is 2.18. The Kier molecular flexibility index (Phi) is 18.0. The van der Waals surface area contributed by atoms with Gasteiger partial charge in [0.25, 0.3) is 12.4 Å². The van der Waals surface area contributed by atoms with Gasteiger partial charge in [0.2, 0.25) is 6.41 Å². The minimum absolute atomic E-state index is 0.0802. The molecule has 62 heavy (non-hydrogen) atoms. The van der Waals surface area contributed by atoms with Crippen LogP contribution in [0.2, 0.25) is 0 Å². The van der Waals surface area contributed by atoms with Crippen molar-refractivity contribution in [3.8, 4) is 11.1 Å². The first kappa shape index (κ1) is 47.4. The molecule has 332 valence electrons. The van der Waals surface area contributed by atoms with Gasteiger partial charge in [0, 0.05) is 88.4 Å². The van der Waals surface area contributed by atoms with E-state index in [2.05, 4.69) is 92.9 Å². The Labute approximate surface area is 367 Å². The van der Waals surface area contributed by atoms with Crippen LogP contribution >= 0.6 is 0 Å². The van der Waals surface area contributed by atoms with Crippen molar-refractivity contribution in [3.63, 3.8) is 0 Å². The van der Waals surface area contributed by atoms with Crippen LogP contribution in [0.15, 0.2) is 79.0 Å². The number of rotatable bonds is 14. The molecule has 2 aliphatic rings. The van der Waals surface area contributed by atoms with Gasteiger partial charge < -0.3 is 30.3 Å². The van der Waals surface area contributed by atoms with E-state index in [4.69, 9.17) is 9.72 Å². The summed E-state index contributed by atoms with van der Waals surface area (Å²) in [4.78, 5) is 42.6. The lowest BCUT2D eigenvalue weighted by Gasteiger charge is -2.32. The van der Waals surface area contributed by atoms with Crippen molar-refractivity contribution in [2.45, 2.75) is 98.6 Å². The number of piperazine rings is 1. The number of carbonyl (C=O) groups excluding carboxylic acids is 3. The molecule has 2 fully saturated rings. The molecular formula is C49H66N8O5. The second-order valence-electron chi connectivity index (χ2n) is 16.8. The van der Waals surface area contributed by atoms with E-state index in [1.165, 1.54) is 16.7 Å². The number of amides is 2. The summed E-state index contributed by atoms with van der Waals surface area (Å²) in [6, 6.07) is 25.1. The number of nitrogens with zero attached hydrogens (tertiary/aromatic N) is 5. The van der Waals surface area contributed by atoms with Crippen molar-refractivity contribution < 1.29 is 23.9 Å².